The van der Waals surface area contributed by atoms with Crippen LogP contribution in [0.5, 0.6) is 0 Å². The van der Waals surface area contributed by atoms with E-state index < -0.39 is 10.2 Å². The van der Waals surface area contributed by atoms with Crippen molar-refractivity contribution in [3.63, 3.8) is 0 Å². The molecule has 0 radical (unpaired) electrons. The summed E-state index contributed by atoms with van der Waals surface area (Å²) in [5, 5.41) is 16.1. The molecule has 0 aromatic rings. The number of hydrogen-bond acceptors (Lipinski definition) is 2. The molecule has 0 aromatic carbocycles. The molecule has 0 amide bonds. The monoisotopic (exact) mass is 150 g/mol. The molecule has 1 atom stereocenters. The van der Waals surface area contributed by atoms with Crippen LogP contribution < -0.4 is 0 Å². The molecule has 0 saturated carbocycles. The summed E-state index contributed by atoms with van der Waals surface area (Å²) in [5.74, 6) is 0. The predicted octanol–water partition coefficient (Wildman–Crippen LogP) is -0.407. The zero-order valence-corrected chi connectivity index (χ0v) is 4.56. The third-order valence-corrected chi connectivity index (χ3v) is 0.869. The van der Waals surface area contributed by atoms with Gasteiger partial charge in [0.1, 0.15) is 0 Å². The first-order valence-corrected chi connectivity index (χ1v) is 2.15. The van der Waals surface area contributed by atoms with E-state index in [4.69, 9.17) is 21.8 Å². The van der Waals surface area contributed by atoms with E-state index in [-0.39, 0.29) is 0 Å². The molecular weight excluding hydrogens is 147 g/mol. The van der Waals surface area contributed by atoms with E-state index in [9.17, 15) is 0 Å². The van der Waals surface area contributed by atoms with Crippen LogP contribution in [-0.4, -0.2) is 20.4 Å². The first kappa shape index (κ1) is 6.60. The minimum atomic E-state index is -1.31. The average Bonchev–Trinajstić information content (AvgIpc) is 1.36. The molecule has 0 aliphatic rings. The van der Waals surface area contributed by atoms with Gasteiger partial charge in [-0.05, 0) is 0 Å². The van der Waals surface area contributed by atoms with Gasteiger partial charge in [0.25, 0.3) is 0 Å². The third kappa shape index (κ3) is 2.82. The van der Waals surface area contributed by atoms with Crippen molar-refractivity contribution in [2.24, 2.45) is 0 Å². The summed E-state index contributed by atoms with van der Waals surface area (Å²) in [6.45, 7) is 0. The van der Waals surface area contributed by atoms with Crippen LogP contribution in [0.4, 0.5) is 0 Å². The van der Waals surface area contributed by atoms with Gasteiger partial charge in [-0.15, -0.1) is 0 Å². The molecule has 0 aliphatic carbocycles. The molecule has 1 unspecified atom stereocenters. The minimum absolute atomic E-state index is 0.420. The summed E-state index contributed by atoms with van der Waals surface area (Å²) < 4.78 is -0.420. The van der Waals surface area contributed by atoms with Crippen LogP contribution in [-0.2, 0) is 15.6 Å². The van der Waals surface area contributed by atoms with Gasteiger partial charge in [-0.2, -0.15) is 0 Å². The summed E-state index contributed by atoms with van der Waals surface area (Å²) in [4.78, 5) is 0. The Morgan fingerprint density at radius 3 is 2.00 bits per heavy atom. The number of rotatable bonds is 1. The first-order chi connectivity index (χ1) is 2.64. The van der Waals surface area contributed by atoms with Crippen molar-refractivity contribution in [2.45, 2.75) is 5.56 Å². The van der Waals surface area contributed by atoms with Crippen molar-refractivity contribution in [2.75, 3.05) is 0 Å². The first-order valence-electron chi connectivity index (χ1n) is 1.17. The fraction of sp³-hybridized carbons (Fsp3) is 0.500. The Kier molecular flexibility index (Phi) is 2.99. The van der Waals surface area contributed by atoms with Crippen molar-refractivity contribution in [1.29, 1.82) is 0 Å². The molecule has 0 aliphatic heterocycles. The zero-order valence-electron chi connectivity index (χ0n) is 2.70. The SMILES string of the molecule is O[C](=[Fe])C(O)Cl. The molecule has 0 fully saturated rings. The van der Waals surface area contributed by atoms with Crippen molar-refractivity contribution in [3.8, 4) is 0 Å². The fourth-order valence-corrected chi connectivity index (χ4v) is 0. The van der Waals surface area contributed by atoms with E-state index in [0.29, 0.717) is 0 Å². The Bertz CT molecular complexity index is 62.6. The number of alkyl halides is 1. The molecule has 6 heavy (non-hydrogen) atoms. The quantitative estimate of drug-likeness (QED) is 0.394. The van der Waals surface area contributed by atoms with E-state index in [1.54, 1.807) is 0 Å². The third-order valence-electron chi connectivity index (χ3n) is 0.191. The van der Waals surface area contributed by atoms with E-state index in [1.807, 2.05) is 0 Å². The normalized spacial score (nSPS) is 14.0. The van der Waals surface area contributed by atoms with Crippen LogP contribution in [0.15, 0.2) is 0 Å². The molecule has 0 saturated heterocycles. The fourth-order valence-electron chi connectivity index (χ4n) is 0. The molecule has 0 heterocycles. The predicted molar refractivity (Wildman–Crippen MR) is 18.8 cm³/mol. The standard InChI is InChI=1S/C2H3ClO2.Fe/c3-2(5)1-4;/h2,4-5H;. The topological polar surface area (TPSA) is 40.5 Å². The van der Waals surface area contributed by atoms with Crippen LogP contribution in [0.2, 0.25) is 0 Å². The van der Waals surface area contributed by atoms with Crippen molar-refractivity contribution in [3.05, 3.63) is 0 Å². The number of hydrogen-bond donors (Lipinski definition) is 2. The molecule has 0 spiro atoms. The second kappa shape index (κ2) is 2.72. The van der Waals surface area contributed by atoms with Gasteiger partial charge < -0.3 is 0 Å². The second-order valence-electron chi connectivity index (χ2n) is 0.646. The van der Waals surface area contributed by atoms with Crippen molar-refractivity contribution in [1.82, 2.24) is 0 Å². The van der Waals surface area contributed by atoms with Crippen molar-refractivity contribution >= 4 is 16.2 Å². The summed E-state index contributed by atoms with van der Waals surface area (Å²) >= 11 is 7.75. The molecule has 2 N–H and O–H groups in total. The summed E-state index contributed by atoms with van der Waals surface area (Å²) in [7, 11) is 0. The Labute approximate surface area is 48.1 Å². The maximum absolute atomic E-state index is 8.05. The molecule has 0 aromatic heterocycles. The Morgan fingerprint density at radius 2 is 2.00 bits per heavy atom. The summed E-state index contributed by atoms with van der Waals surface area (Å²) in [5.41, 5.74) is -1.31. The van der Waals surface area contributed by atoms with E-state index in [0.717, 1.165) is 0 Å². The van der Waals surface area contributed by atoms with E-state index in [2.05, 4.69) is 15.6 Å². The average molecular weight is 150 g/mol. The van der Waals surface area contributed by atoms with Gasteiger partial charge in [0.2, 0.25) is 0 Å². The Balaban J connectivity index is 3.26. The molecule has 0 bridgehead atoms. The Hall–Kier alpha value is 0.599. The van der Waals surface area contributed by atoms with Crippen LogP contribution in [0.25, 0.3) is 0 Å². The van der Waals surface area contributed by atoms with E-state index >= 15 is 0 Å². The molecule has 4 heteroatoms. The van der Waals surface area contributed by atoms with Gasteiger partial charge in [-0.25, -0.2) is 0 Å². The summed E-state index contributed by atoms with van der Waals surface area (Å²) in [6.07, 6.45) is 0. The van der Waals surface area contributed by atoms with Gasteiger partial charge in [0.15, 0.2) is 0 Å². The van der Waals surface area contributed by atoms with Gasteiger partial charge >= 0.3 is 47.6 Å². The zero-order chi connectivity index (χ0) is 5.15. The van der Waals surface area contributed by atoms with Gasteiger partial charge in [-0.3, -0.25) is 0 Å². The van der Waals surface area contributed by atoms with Gasteiger partial charge in [0, 0.05) is 0 Å². The van der Waals surface area contributed by atoms with Crippen LogP contribution in [0.1, 0.15) is 0 Å². The molecular formula is C2H3ClFeO2. The number of halogens is 1. The van der Waals surface area contributed by atoms with Crippen LogP contribution in [0.3, 0.4) is 0 Å². The van der Waals surface area contributed by atoms with E-state index in [1.165, 1.54) is 0 Å². The Morgan fingerprint density at radius 1 is 1.83 bits per heavy atom. The molecule has 0 rings (SSSR count). The van der Waals surface area contributed by atoms with Crippen LogP contribution in [0, 0.1) is 0 Å². The summed E-state index contributed by atoms with van der Waals surface area (Å²) in [6, 6.07) is 0. The maximum atomic E-state index is 8.05. The van der Waals surface area contributed by atoms with Crippen LogP contribution >= 0.6 is 11.6 Å². The van der Waals surface area contributed by atoms with Gasteiger partial charge in [0.05, 0.1) is 0 Å². The second-order valence-corrected chi connectivity index (χ2v) is 1.63. The van der Waals surface area contributed by atoms with Crippen molar-refractivity contribution < 1.29 is 25.8 Å². The number of aliphatic hydroxyl groups excluding tert-OH is 2. The number of aliphatic hydroxyl groups is 2. The van der Waals surface area contributed by atoms with Gasteiger partial charge in [-0.1, -0.05) is 0 Å². The molecule has 2 nitrogen and oxygen atoms in total. The molecule has 38 valence electrons.